The minimum Gasteiger partial charge on any atom is -0.481 e. The number of hydrogen-bond donors (Lipinski definition) is 1. The van der Waals surface area contributed by atoms with Crippen molar-refractivity contribution in [1.29, 1.82) is 0 Å². The van der Waals surface area contributed by atoms with Crippen LogP contribution < -0.4 is 0 Å². The third-order valence-corrected chi connectivity index (χ3v) is 7.07. The van der Waals surface area contributed by atoms with Crippen LogP contribution in [0.25, 0.3) is 22.5 Å². The highest BCUT2D eigenvalue weighted by molar-refractivity contribution is 5.83. The van der Waals surface area contributed by atoms with Gasteiger partial charge in [-0.2, -0.15) is 5.10 Å². The average molecular weight is 483 g/mol. The van der Waals surface area contributed by atoms with Crippen molar-refractivity contribution >= 4 is 22.8 Å². The number of nitrogens with zero attached hydrogens (tertiary/aromatic N) is 2. The van der Waals surface area contributed by atoms with Gasteiger partial charge in [0.05, 0.1) is 17.1 Å². The van der Waals surface area contributed by atoms with Gasteiger partial charge in [-0.1, -0.05) is 48.5 Å². The first-order valence-electron chi connectivity index (χ1n) is 12.8. The zero-order valence-electron chi connectivity index (χ0n) is 20.4. The molecule has 1 N–H and O–H groups in total. The minimum atomic E-state index is -0.750. The number of carbonyl (C=O) groups is 1. The molecule has 1 aliphatic carbocycles. The summed E-state index contributed by atoms with van der Waals surface area (Å²) in [4.78, 5) is 10.8. The number of unbranched alkanes of at least 4 members (excludes halogenated alkanes) is 2. The number of hydrogen-bond acceptors (Lipinski definition) is 2. The summed E-state index contributed by atoms with van der Waals surface area (Å²) in [5, 5.41) is 16.5. The van der Waals surface area contributed by atoms with Crippen molar-refractivity contribution in [3.05, 3.63) is 101 Å². The van der Waals surface area contributed by atoms with Gasteiger partial charge in [0.15, 0.2) is 0 Å². The van der Waals surface area contributed by atoms with E-state index in [4.69, 9.17) is 10.2 Å². The van der Waals surface area contributed by atoms with Crippen LogP contribution in [0.15, 0.2) is 72.8 Å². The number of allylic oxidation sites excluding steroid dienone is 1. The molecule has 3 aromatic carbocycles. The van der Waals surface area contributed by atoms with Crippen LogP contribution in [-0.2, 0) is 17.6 Å². The van der Waals surface area contributed by atoms with Gasteiger partial charge < -0.3 is 5.11 Å². The smallest absolute Gasteiger partial charge is 0.303 e. The van der Waals surface area contributed by atoms with E-state index in [-0.39, 0.29) is 12.2 Å². The number of carboxylic acid groups (broad SMARTS) is 1. The van der Waals surface area contributed by atoms with Crippen molar-refractivity contribution < 1.29 is 14.3 Å². The van der Waals surface area contributed by atoms with Gasteiger partial charge >= 0.3 is 5.97 Å². The van der Waals surface area contributed by atoms with Gasteiger partial charge in [-0.05, 0) is 91.6 Å². The van der Waals surface area contributed by atoms with Crippen LogP contribution >= 0.6 is 0 Å². The van der Waals surface area contributed by atoms with Crippen molar-refractivity contribution in [3.63, 3.8) is 0 Å². The van der Waals surface area contributed by atoms with E-state index >= 15 is 0 Å². The quantitative estimate of drug-likeness (QED) is 0.252. The summed E-state index contributed by atoms with van der Waals surface area (Å²) >= 11 is 0. The Bertz CT molecular complexity index is 1390. The number of rotatable bonds is 9. The van der Waals surface area contributed by atoms with Gasteiger partial charge in [0.2, 0.25) is 0 Å². The van der Waals surface area contributed by atoms with Crippen LogP contribution in [0.1, 0.15) is 67.0 Å². The van der Waals surface area contributed by atoms with Crippen LogP contribution in [0, 0.1) is 5.82 Å². The summed E-state index contributed by atoms with van der Waals surface area (Å²) in [7, 11) is 0. The van der Waals surface area contributed by atoms with E-state index in [9.17, 15) is 9.18 Å². The molecule has 0 amide bonds. The number of halogens is 1. The van der Waals surface area contributed by atoms with Crippen molar-refractivity contribution in [2.24, 2.45) is 0 Å². The molecule has 1 aromatic heterocycles. The van der Waals surface area contributed by atoms with E-state index in [1.807, 2.05) is 4.68 Å². The molecule has 1 atom stereocenters. The highest BCUT2D eigenvalue weighted by Crippen LogP contribution is 2.37. The molecule has 0 saturated carbocycles. The first-order chi connectivity index (χ1) is 17.6. The average Bonchev–Trinajstić information content (AvgIpc) is 3.26. The minimum absolute atomic E-state index is 0.202. The van der Waals surface area contributed by atoms with Gasteiger partial charge in [-0.15, -0.1) is 0 Å². The highest BCUT2D eigenvalue weighted by Gasteiger charge is 2.28. The molecular weight excluding hydrogens is 451 g/mol. The molecule has 0 aliphatic heterocycles. The van der Waals surface area contributed by atoms with Crippen LogP contribution in [0.5, 0.6) is 0 Å². The first-order valence-corrected chi connectivity index (χ1v) is 12.8. The van der Waals surface area contributed by atoms with E-state index in [2.05, 4.69) is 54.6 Å². The molecule has 1 aliphatic rings. The molecule has 1 unspecified atom stereocenters. The molecule has 1 heterocycles. The molecule has 36 heavy (non-hydrogen) atoms. The molecule has 0 radical (unpaired) electrons. The lowest BCUT2D eigenvalue weighted by Crippen LogP contribution is -2.12. The van der Waals surface area contributed by atoms with E-state index in [0.29, 0.717) is 12.3 Å². The lowest BCUT2D eigenvalue weighted by Gasteiger charge is -2.21. The summed E-state index contributed by atoms with van der Waals surface area (Å²) < 4.78 is 15.6. The number of aromatic nitrogens is 2. The summed E-state index contributed by atoms with van der Waals surface area (Å²) in [5.41, 5.74) is 5.64. The fourth-order valence-electron chi connectivity index (χ4n) is 5.26. The van der Waals surface area contributed by atoms with E-state index < -0.39 is 5.97 Å². The maximum absolute atomic E-state index is 13.6. The molecule has 0 bridgehead atoms. The molecular formula is C31H31FN2O2. The number of benzene rings is 3. The molecule has 0 saturated heterocycles. The fraction of sp³-hybridized carbons (Fsp3) is 0.290. The Morgan fingerprint density at radius 1 is 1.06 bits per heavy atom. The number of fused-ring (bicyclic) bond motifs is 2. The lowest BCUT2D eigenvalue weighted by atomic mass is 9.82. The second-order valence-corrected chi connectivity index (χ2v) is 9.65. The Labute approximate surface area is 211 Å². The second-order valence-electron chi connectivity index (χ2n) is 9.65. The Balaban J connectivity index is 1.44. The van der Waals surface area contributed by atoms with Gasteiger partial charge in [0, 0.05) is 17.9 Å². The predicted octanol–water partition coefficient (Wildman–Crippen LogP) is 7.49. The normalized spacial score (nSPS) is 15.4. The lowest BCUT2D eigenvalue weighted by molar-refractivity contribution is -0.137. The summed E-state index contributed by atoms with van der Waals surface area (Å²) in [6.45, 7) is 0. The van der Waals surface area contributed by atoms with Gasteiger partial charge in [-0.3, -0.25) is 4.79 Å². The Morgan fingerprint density at radius 3 is 2.67 bits per heavy atom. The third kappa shape index (κ3) is 5.40. The monoisotopic (exact) mass is 482 g/mol. The zero-order chi connectivity index (χ0) is 24.9. The van der Waals surface area contributed by atoms with Gasteiger partial charge in [0.1, 0.15) is 5.82 Å². The molecule has 0 fully saturated rings. The first kappa shape index (κ1) is 24.0. The van der Waals surface area contributed by atoms with Gasteiger partial charge in [-0.25, -0.2) is 9.07 Å². The van der Waals surface area contributed by atoms with Crippen molar-refractivity contribution in [1.82, 2.24) is 9.78 Å². The molecule has 5 rings (SSSR count). The molecule has 0 spiro atoms. The van der Waals surface area contributed by atoms with Crippen LogP contribution in [0.3, 0.4) is 0 Å². The third-order valence-electron chi connectivity index (χ3n) is 7.07. The fourth-order valence-corrected chi connectivity index (χ4v) is 5.26. The summed E-state index contributed by atoms with van der Waals surface area (Å²) in [5.74, 6) is -0.681. The van der Waals surface area contributed by atoms with E-state index in [0.717, 1.165) is 55.6 Å². The molecule has 5 heteroatoms. The van der Waals surface area contributed by atoms with Crippen molar-refractivity contribution in [2.75, 3.05) is 0 Å². The predicted molar refractivity (Wildman–Crippen MR) is 142 cm³/mol. The summed E-state index contributed by atoms with van der Waals surface area (Å²) in [6.07, 6.45) is 10.9. The molecule has 4 nitrogen and oxygen atoms in total. The van der Waals surface area contributed by atoms with Crippen molar-refractivity contribution in [2.45, 2.75) is 57.3 Å². The number of aliphatic carboxylic acids is 1. The van der Waals surface area contributed by atoms with Crippen molar-refractivity contribution in [3.8, 4) is 5.69 Å². The SMILES string of the molecule is O=C(O)CCCC/C=C/c1c2c(nn1-c1ccc(F)cc1)C(Cc1ccc3ccccc3c1)CCC2. The zero-order valence-corrected chi connectivity index (χ0v) is 20.4. The van der Waals surface area contributed by atoms with E-state index in [1.54, 1.807) is 12.1 Å². The maximum atomic E-state index is 13.6. The Kier molecular flexibility index (Phi) is 7.26. The van der Waals surface area contributed by atoms with Crippen LogP contribution in [-0.4, -0.2) is 20.9 Å². The highest BCUT2D eigenvalue weighted by atomic mass is 19.1. The van der Waals surface area contributed by atoms with E-state index in [1.165, 1.54) is 34.0 Å². The largest absolute Gasteiger partial charge is 0.481 e. The van der Waals surface area contributed by atoms with Gasteiger partial charge in [0.25, 0.3) is 0 Å². The van der Waals surface area contributed by atoms with Crippen LogP contribution in [0.4, 0.5) is 4.39 Å². The molecule has 184 valence electrons. The topological polar surface area (TPSA) is 55.1 Å². The molecule has 4 aromatic rings. The van der Waals surface area contributed by atoms with Crippen LogP contribution in [0.2, 0.25) is 0 Å². The second kappa shape index (κ2) is 10.9. The standard InChI is InChI=1S/C31H31FN2O2/c32-26-16-18-27(19-17-26)34-29(12-3-1-2-4-13-30(35)36)28-11-7-10-25(31(28)33-34)21-22-14-15-23-8-5-6-9-24(23)20-22/h3,5-6,8-9,12,14-20,25H,1-2,4,7,10-11,13,21H2,(H,35,36)/b12-3+. The Hall–Kier alpha value is -3.73. The number of carboxylic acids is 1. The maximum Gasteiger partial charge on any atom is 0.303 e. The Morgan fingerprint density at radius 2 is 1.86 bits per heavy atom. The summed E-state index contributed by atoms with van der Waals surface area (Å²) in [6, 6.07) is 21.7.